The van der Waals surface area contributed by atoms with E-state index in [2.05, 4.69) is 6.07 Å². The highest BCUT2D eigenvalue weighted by Crippen LogP contribution is 2.20. The van der Waals surface area contributed by atoms with Crippen LogP contribution in [0.2, 0.25) is 0 Å². The Hall–Kier alpha value is -1.82. The van der Waals surface area contributed by atoms with Crippen molar-refractivity contribution in [2.24, 2.45) is 0 Å². The minimum atomic E-state index is -0.506. The van der Waals surface area contributed by atoms with Gasteiger partial charge in [0, 0.05) is 0 Å². The summed E-state index contributed by atoms with van der Waals surface area (Å²) in [4.78, 5) is 11.6. The minimum absolute atomic E-state index is 0.0950. The van der Waals surface area contributed by atoms with Gasteiger partial charge in [-0.15, -0.1) is 0 Å². The summed E-state index contributed by atoms with van der Waals surface area (Å²) in [6, 6.07) is 11.4. The third-order valence-corrected chi connectivity index (χ3v) is 2.15. The summed E-state index contributed by atoms with van der Waals surface area (Å²) in [6.07, 6.45) is 0.0950. The molecule has 1 atom stereocenters. The number of esters is 1. The lowest BCUT2D eigenvalue weighted by Crippen LogP contribution is -2.24. The lowest BCUT2D eigenvalue weighted by atomic mass is 9.97. The summed E-state index contributed by atoms with van der Waals surface area (Å²) < 4.78 is 5.20. The molecule has 0 aromatic heterocycles. The highest BCUT2D eigenvalue weighted by atomic mass is 16.6. The fourth-order valence-corrected chi connectivity index (χ4v) is 1.47. The third-order valence-electron chi connectivity index (χ3n) is 2.15. The first kappa shape index (κ1) is 13.2. The molecular weight excluding hydrogens is 214 g/mol. The van der Waals surface area contributed by atoms with E-state index < -0.39 is 11.5 Å². The summed E-state index contributed by atoms with van der Waals surface area (Å²) in [6.45, 7) is 5.44. The molecule has 3 nitrogen and oxygen atoms in total. The summed E-state index contributed by atoms with van der Waals surface area (Å²) in [7, 11) is 0. The molecule has 0 aliphatic rings. The molecule has 0 bridgehead atoms. The van der Waals surface area contributed by atoms with Gasteiger partial charge < -0.3 is 4.74 Å². The Morgan fingerprint density at radius 1 is 1.35 bits per heavy atom. The van der Waals surface area contributed by atoms with Gasteiger partial charge in [-0.05, 0) is 26.3 Å². The molecule has 0 radical (unpaired) electrons. The lowest BCUT2D eigenvalue weighted by Gasteiger charge is -2.20. The van der Waals surface area contributed by atoms with Gasteiger partial charge in [0.1, 0.15) is 5.60 Å². The number of nitriles is 1. The molecule has 0 saturated carbocycles. The normalized spacial score (nSPS) is 12.6. The second kappa shape index (κ2) is 5.49. The van der Waals surface area contributed by atoms with Crippen molar-refractivity contribution < 1.29 is 9.53 Å². The van der Waals surface area contributed by atoms with Crippen LogP contribution >= 0.6 is 0 Å². The Morgan fingerprint density at radius 3 is 2.41 bits per heavy atom. The first-order valence-corrected chi connectivity index (χ1v) is 5.59. The largest absolute Gasteiger partial charge is 0.460 e. The molecule has 0 saturated heterocycles. The summed E-state index contributed by atoms with van der Waals surface area (Å²) in [5, 5.41) is 9.07. The van der Waals surface area contributed by atoms with Gasteiger partial charge in [0.15, 0.2) is 0 Å². The summed E-state index contributed by atoms with van der Waals surface area (Å²) in [5.41, 5.74) is 0.342. The monoisotopic (exact) mass is 231 g/mol. The molecular formula is C14H17NO2. The van der Waals surface area contributed by atoms with Crippen molar-refractivity contribution in [3.8, 4) is 6.07 Å². The van der Waals surface area contributed by atoms with Crippen molar-refractivity contribution in [3.63, 3.8) is 0 Å². The number of rotatable bonds is 3. The molecule has 90 valence electrons. The second-order valence-corrected chi connectivity index (χ2v) is 4.88. The third kappa shape index (κ3) is 4.69. The highest BCUT2D eigenvalue weighted by Gasteiger charge is 2.21. The predicted octanol–water partition coefficient (Wildman–Crippen LogP) is 3.03. The van der Waals surface area contributed by atoms with E-state index in [1.165, 1.54) is 0 Å². The zero-order valence-electron chi connectivity index (χ0n) is 10.4. The van der Waals surface area contributed by atoms with Gasteiger partial charge in [-0.3, -0.25) is 4.79 Å². The number of carbonyl (C=O) groups excluding carboxylic acids is 1. The van der Waals surface area contributed by atoms with Crippen molar-refractivity contribution in [2.45, 2.75) is 38.7 Å². The van der Waals surface area contributed by atoms with E-state index in [-0.39, 0.29) is 12.4 Å². The van der Waals surface area contributed by atoms with Crippen LogP contribution in [-0.4, -0.2) is 11.6 Å². The maximum absolute atomic E-state index is 11.6. The van der Waals surface area contributed by atoms with Gasteiger partial charge in [0.2, 0.25) is 0 Å². The molecule has 0 amide bonds. The van der Waals surface area contributed by atoms with Gasteiger partial charge in [-0.1, -0.05) is 30.3 Å². The van der Waals surface area contributed by atoms with Crippen LogP contribution < -0.4 is 0 Å². The van der Waals surface area contributed by atoms with Crippen LogP contribution in [0.15, 0.2) is 30.3 Å². The van der Waals surface area contributed by atoms with E-state index in [4.69, 9.17) is 10.00 Å². The SMILES string of the molecule is CC(C)(C)OC(=O)CC(C#N)c1ccccc1. The molecule has 17 heavy (non-hydrogen) atoms. The second-order valence-electron chi connectivity index (χ2n) is 4.88. The smallest absolute Gasteiger partial charge is 0.307 e. The van der Waals surface area contributed by atoms with Gasteiger partial charge in [0.05, 0.1) is 18.4 Å². The van der Waals surface area contributed by atoms with Crippen molar-refractivity contribution in [2.75, 3.05) is 0 Å². The van der Waals surface area contributed by atoms with E-state index in [9.17, 15) is 4.79 Å². The minimum Gasteiger partial charge on any atom is -0.460 e. The van der Waals surface area contributed by atoms with Crippen molar-refractivity contribution in [1.29, 1.82) is 5.26 Å². The van der Waals surface area contributed by atoms with Crippen LogP contribution in [0, 0.1) is 11.3 Å². The zero-order valence-corrected chi connectivity index (χ0v) is 10.4. The highest BCUT2D eigenvalue weighted by molar-refractivity contribution is 5.71. The summed E-state index contributed by atoms with van der Waals surface area (Å²) >= 11 is 0. The first-order chi connectivity index (χ1) is 7.92. The Morgan fingerprint density at radius 2 is 1.94 bits per heavy atom. The van der Waals surface area contributed by atoms with Gasteiger partial charge >= 0.3 is 5.97 Å². The van der Waals surface area contributed by atoms with Crippen molar-refractivity contribution >= 4 is 5.97 Å². The zero-order chi connectivity index (χ0) is 12.9. The van der Waals surface area contributed by atoms with Crippen LogP contribution in [0.25, 0.3) is 0 Å². The number of hydrogen-bond acceptors (Lipinski definition) is 3. The average Bonchev–Trinajstić information content (AvgIpc) is 2.24. The molecule has 0 N–H and O–H groups in total. The first-order valence-electron chi connectivity index (χ1n) is 5.59. The maximum Gasteiger partial charge on any atom is 0.307 e. The molecule has 1 unspecified atom stereocenters. The van der Waals surface area contributed by atoms with E-state index in [1.54, 1.807) is 0 Å². The average molecular weight is 231 g/mol. The molecule has 1 aromatic carbocycles. The van der Waals surface area contributed by atoms with Gasteiger partial charge in [-0.2, -0.15) is 5.26 Å². The standard InChI is InChI=1S/C14H17NO2/c1-14(2,3)17-13(16)9-12(10-15)11-7-5-4-6-8-11/h4-8,12H,9H2,1-3H3. The van der Waals surface area contributed by atoms with Crippen LogP contribution in [0.1, 0.15) is 38.7 Å². The molecule has 1 rings (SSSR count). The van der Waals surface area contributed by atoms with Gasteiger partial charge in [-0.25, -0.2) is 0 Å². The number of benzene rings is 1. The molecule has 0 fully saturated rings. The number of hydrogen-bond donors (Lipinski definition) is 0. The number of carbonyl (C=O) groups is 1. The quantitative estimate of drug-likeness (QED) is 0.751. The molecule has 0 spiro atoms. The van der Waals surface area contributed by atoms with Crippen molar-refractivity contribution in [1.82, 2.24) is 0 Å². The number of ether oxygens (including phenoxy) is 1. The van der Waals surface area contributed by atoms with E-state index in [0.29, 0.717) is 0 Å². The van der Waals surface area contributed by atoms with E-state index in [1.807, 2.05) is 51.1 Å². The molecule has 0 aliphatic carbocycles. The maximum atomic E-state index is 11.6. The fraction of sp³-hybridized carbons (Fsp3) is 0.429. The molecule has 0 heterocycles. The lowest BCUT2D eigenvalue weighted by molar-refractivity contribution is -0.154. The number of nitrogens with zero attached hydrogens (tertiary/aromatic N) is 1. The van der Waals surface area contributed by atoms with Crippen LogP contribution in [0.4, 0.5) is 0 Å². The molecule has 3 heteroatoms. The van der Waals surface area contributed by atoms with Crippen LogP contribution in [0.3, 0.4) is 0 Å². The molecule has 1 aromatic rings. The summed E-state index contributed by atoms with van der Waals surface area (Å²) in [5.74, 6) is -0.779. The Balaban J connectivity index is 2.67. The topological polar surface area (TPSA) is 50.1 Å². The fourth-order valence-electron chi connectivity index (χ4n) is 1.47. The van der Waals surface area contributed by atoms with E-state index >= 15 is 0 Å². The van der Waals surface area contributed by atoms with Gasteiger partial charge in [0.25, 0.3) is 0 Å². The van der Waals surface area contributed by atoms with Crippen LogP contribution in [0.5, 0.6) is 0 Å². The van der Waals surface area contributed by atoms with Crippen LogP contribution in [-0.2, 0) is 9.53 Å². The predicted molar refractivity (Wildman–Crippen MR) is 65.3 cm³/mol. The van der Waals surface area contributed by atoms with E-state index in [0.717, 1.165) is 5.56 Å². The Labute approximate surface area is 102 Å². The van der Waals surface area contributed by atoms with Crippen molar-refractivity contribution in [3.05, 3.63) is 35.9 Å². The Kier molecular flexibility index (Phi) is 4.28. The molecule has 0 aliphatic heterocycles. The Bertz CT molecular complexity index is 412.